The maximum atomic E-state index is 13.7. The molecule has 5 heteroatoms. The van der Waals surface area contributed by atoms with Gasteiger partial charge in [-0.1, -0.05) is 85.6 Å². The van der Waals surface area contributed by atoms with E-state index in [1.54, 1.807) is 0 Å². The van der Waals surface area contributed by atoms with Gasteiger partial charge in [-0.25, -0.2) is 0 Å². The largest absolute Gasteiger partial charge is 0.357 e. The van der Waals surface area contributed by atoms with Gasteiger partial charge in [-0.2, -0.15) is 0 Å². The molecule has 0 spiro atoms. The van der Waals surface area contributed by atoms with Gasteiger partial charge in [0, 0.05) is 18.7 Å². The van der Waals surface area contributed by atoms with Gasteiger partial charge in [0.2, 0.25) is 0 Å². The molecule has 3 nitrogen and oxygen atoms in total. The highest BCUT2D eigenvalue weighted by Crippen LogP contribution is 2.49. The van der Waals surface area contributed by atoms with Crippen molar-refractivity contribution >= 4 is 46.1 Å². The van der Waals surface area contributed by atoms with Gasteiger partial charge in [0.05, 0.1) is 33.4 Å². The number of para-hydroxylation sites is 2. The van der Waals surface area contributed by atoms with Crippen molar-refractivity contribution in [1.29, 1.82) is 0 Å². The topological polar surface area (TPSA) is 32.7 Å². The summed E-state index contributed by atoms with van der Waals surface area (Å²) in [6.07, 6.45) is 1.32. The average molecular weight is 477 g/mol. The minimum Gasteiger partial charge on any atom is -0.357 e. The van der Waals surface area contributed by atoms with E-state index in [2.05, 4.69) is 36.9 Å². The maximum absolute atomic E-state index is 13.7. The van der Waals surface area contributed by atoms with Gasteiger partial charge >= 0.3 is 0 Å². The van der Waals surface area contributed by atoms with E-state index in [9.17, 15) is 4.79 Å². The Morgan fingerprint density at radius 3 is 2.42 bits per heavy atom. The van der Waals surface area contributed by atoms with E-state index in [-0.39, 0.29) is 23.2 Å². The Morgan fingerprint density at radius 1 is 0.939 bits per heavy atom. The summed E-state index contributed by atoms with van der Waals surface area (Å²) >= 11 is 12.7. The summed E-state index contributed by atoms with van der Waals surface area (Å²) in [7, 11) is 0. The molecule has 0 aromatic heterocycles. The summed E-state index contributed by atoms with van der Waals surface area (Å²) in [4.78, 5) is 21.1. The lowest BCUT2D eigenvalue weighted by molar-refractivity contribution is -0.124. The van der Waals surface area contributed by atoms with Crippen LogP contribution < -0.4 is 4.90 Å². The van der Waals surface area contributed by atoms with Crippen molar-refractivity contribution in [2.75, 3.05) is 4.90 Å². The lowest BCUT2D eigenvalue weighted by Crippen LogP contribution is -2.45. The first-order valence-corrected chi connectivity index (χ1v) is 12.0. The third-order valence-electron chi connectivity index (χ3n) is 6.61. The Balaban J connectivity index is 1.73. The number of carbonyl (C=O) groups is 1. The smallest absolute Gasteiger partial charge is 0.144 e. The molecule has 0 unspecified atom stereocenters. The highest BCUT2D eigenvalue weighted by Gasteiger charge is 2.46. The molecule has 3 aromatic rings. The summed E-state index contributed by atoms with van der Waals surface area (Å²) in [6.45, 7) is 4.95. The predicted molar refractivity (Wildman–Crippen MR) is 137 cm³/mol. The van der Waals surface area contributed by atoms with Gasteiger partial charge in [0.25, 0.3) is 0 Å². The van der Waals surface area contributed by atoms with E-state index in [1.807, 2.05) is 54.6 Å². The first-order valence-electron chi connectivity index (χ1n) is 11.3. The molecule has 0 amide bonds. The van der Waals surface area contributed by atoms with Crippen LogP contribution in [0.4, 0.5) is 11.4 Å². The van der Waals surface area contributed by atoms with Crippen LogP contribution in [0, 0.1) is 11.3 Å². The Bertz CT molecular complexity index is 1240. The fourth-order valence-corrected chi connectivity index (χ4v) is 5.52. The number of hydrogen-bond donors (Lipinski definition) is 0. The first kappa shape index (κ1) is 22.2. The normalized spacial score (nSPS) is 21.6. The highest BCUT2D eigenvalue weighted by molar-refractivity contribution is 6.42. The fourth-order valence-electron chi connectivity index (χ4n) is 5.22. The molecule has 1 heterocycles. The molecular weight excluding hydrogens is 451 g/mol. The number of hydrogen-bond acceptors (Lipinski definition) is 3. The van der Waals surface area contributed by atoms with Crippen LogP contribution in [-0.2, 0) is 11.3 Å². The van der Waals surface area contributed by atoms with Crippen LogP contribution in [0.15, 0.2) is 77.8 Å². The molecule has 168 valence electrons. The van der Waals surface area contributed by atoms with Gasteiger partial charge < -0.3 is 4.90 Å². The Labute approximate surface area is 205 Å². The quantitative estimate of drug-likeness (QED) is 0.385. The minimum absolute atomic E-state index is 0.113. The van der Waals surface area contributed by atoms with Gasteiger partial charge in [0.1, 0.15) is 5.78 Å². The van der Waals surface area contributed by atoms with Crippen LogP contribution in [0.2, 0.25) is 10.0 Å². The van der Waals surface area contributed by atoms with Crippen molar-refractivity contribution in [3.05, 3.63) is 94.0 Å². The number of carbonyl (C=O) groups excluding carboxylic acids is 1. The molecule has 33 heavy (non-hydrogen) atoms. The van der Waals surface area contributed by atoms with Crippen LogP contribution in [0.3, 0.4) is 0 Å². The van der Waals surface area contributed by atoms with Crippen LogP contribution in [-0.4, -0.2) is 11.5 Å². The van der Waals surface area contributed by atoms with Crippen molar-refractivity contribution in [3.8, 4) is 0 Å². The molecule has 3 aromatic carbocycles. The zero-order valence-electron chi connectivity index (χ0n) is 18.8. The third kappa shape index (κ3) is 4.32. The van der Waals surface area contributed by atoms with E-state index in [0.717, 1.165) is 29.1 Å². The predicted octanol–water partition coefficient (Wildman–Crippen LogP) is 7.83. The number of ketones is 1. The summed E-state index contributed by atoms with van der Waals surface area (Å²) in [5.41, 5.74) is 4.91. The van der Waals surface area contributed by atoms with Gasteiger partial charge in [-0.3, -0.25) is 9.79 Å². The number of nitrogens with zero attached hydrogens (tertiary/aromatic N) is 2. The van der Waals surface area contributed by atoms with Crippen molar-refractivity contribution < 1.29 is 4.79 Å². The molecule has 1 aliphatic carbocycles. The number of anilines is 1. The van der Waals surface area contributed by atoms with E-state index >= 15 is 0 Å². The van der Waals surface area contributed by atoms with Crippen LogP contribution in [0.5, 0.6) is 0 Å². The molecule has 5 rings (SSSR count). The van der Waals surface area contributed by atoms with E-state index in [4.69, 9.17) is 28.2 Å². The molecule has 0 saturated heterocycles. The Kier molecular flexibility index (Phi) is 5.80. The lowest BCUT2D eigenvalue weighted by atomic mass is 9.68. The van der Waals surface area contributed by atoms with Crippen molar-refractivity contribution in [1.82, 2.24) is 0 Å². The zero-order valence-corrected chi connectivity index (χ0v) is 20.3. The Morgan fingerprint density at radius 2 is 1.67 bits per heavy atom. The minimum atomic E-state index is -0.341. The number of halogens is 2. The summed E-state index contributed by atoms with van der Waals surface area (Å²) in [5.74, 6) is -0.113. The molecule has 1 fully saturated rings. The summed E-state index contributed by atoms with van der Waals surface area (Å²) < 4.78 is 0. The van der Waals surface area contributed by atoms with Crippen molar-refractivity contribution in [2.24, 2.45) is 16.3 Å². The molecule has 0 bridgehead atoms. The molecule has 2 atom stereocenters. The van der Waals surface area contributed by atoms with Crippen LogP contribution >= 0.6 is 23.2 Å². The van der Waals surface area contributed by atoms with E-state index in [0.29, 0.717) is 23.0 Å². The molecule has 2 aliphatic rings. The van der Waals surface area contributed by atoms with Gasteiger partial charge in [0.15, 0.2) is 0 Å². The number of benzene rings is 3. The molecule has 1 saturated carbocycles. The third-order valence-corrected chi connectivity index (χ3v) is 7.35. The van der Waals surface area contributed by atoms with Crippen molar-refractivity contribution in [2.45, 2.75) is 39.3 Å². The summed E-state index contributed by atoms with van der Waals surface area (Å²) in [5, 5.41) is 1.00. The van der Waals surface area contributed by atoms with E-state index in [1.165, 1.54) is 5.56 Å². The standard InChI is InChI=1S/C28H26Cl2N2O/c1-28(2)15-23-26(25(33)16-28)27(19-12-13-20(29)21(30)14-19)32(17-18-8-4-3-5-9-18)24-11-7-6-10-22(24)31-23/h3-14,26-27H,15-17H2,1-2H3/t26-,27+/m1/s1. The first-order chi connectivity index (χ1) is 15.8. The molecular formula is C28H26Cl2N2O. The number of Topliss-reactive ketones (excluding diaryl/α,β-unsaturated/α-hetero) is 1. The lowest BCUT2D eigenvalue weighted by Gasteiger charge is -2.42. The van der Waals surface area contributed by atoms with Crippen molar-refractivity contribution in [3.63, 3.8) is 0 Å². The SMILES string of the molecule is CC1(C)CC(=O)[C@H]2C(=Nc3ccccc3N(Cc3ccccc3)[C@H]2c2ccc(Cl)c(Cl)c2)C1. The Hall–Kier alpha value is -2.62. The van der Waals surface area contributed by atoms with Crippen LogP contribution in [0.1, 0.15) is 43.9 Å². The number of aliphatic imine (C=N–C) groups is 1. The second-order valence-corrected chi connectivity index (χ2v) is 10.6. The zero-order chi connectivity index (χ0) is 23.2. The highest BCUT2D eigenvalue weighted by atomic mass is 35.5. The summed E-state index contributed by atoms with van der Waals surface area (Å²) in [6, 6.07) is 24.0. The average Bonchev–Trinajstić information content (AvgIpc) is 2.90. The molecule has 0 N–H and O–H groups in total. The molecule has 0 radical (unpaired) electrons. The van der Waals surface area contributed by atoms with E-state index < -0.39 is 0 Å². The number of fused-ring (bicyclic) bond motifs is 2. The van der Waals surface area contributed by atoms with Gasteiger partial charge in [-0.15, -0.1) is 0 Å². The molecule has 1 aliphatic heterocycles. The fraction of sp³-hybridized carbons (Fsp3) is 0.286. The monoisotopic (exact) mass is 476 g/mol. The second-order valence-electron chi connectivity index (χ2n) is 9.79. The maximum Gasteiger partial charge on any atom is 0.144 e. The van der Waals surface area contributed by atoms with Gasteiger partial charge in [-0.05, 0) is 47.2 Å². The second kappa shape index (κ2) is 8.62. The number of rotatable bonds is 3. The van der Waals surface area contributed by atoms with Crippen LogP contribution in [0.25, 0.3) is 0 Å².